The van der Waals surface area contributed by atoms with Crippen molar-refractivity contribution in [3.05, 3.63) is 157 Å². The first-order valence-corrected chi connectivity index (χ1v) is 17.4. The Morgan fingerprint density at radius 2 is 1.02 bits per heavy atom. The molecule has 0 fully saturated rings. The zero-order chi connectivity index (χ0) is 34.3. The molecule has 0 amide bonds. The summed E-state index contributed by atoms with van der Waals surface area (Å²) >= 11 is 0. The van der Waals surface area contributed by atoms with E-state index < -0.39 is 0 Å². The van der Waals surface area contributed by atoms with E-state index in [1.165, 1.54) is 0 Å². The number of nitrogens with zero attached hydrogens (tertiary/aromatic N) is 4. The van der Waals surface area contributed by atoms with Crippen LogP contribution in [0.3, 0.4) is 0 Å². The molecular weight excluding hydrogens is 641 g/mol. The summed E-state index contributed by atoms with van der Waals surface area (Å²) in [6.45, 7) is 2.14. The van der Waals surface area contributed by atoms with Crippen molar-refractivity contribution in [1.82, 2.24) is 19.5 Å². The van der Waals surface area contributed by atoms with Gasteiger partial charge in [0.25, 0.3) is 0 Å². The van der Waals surface area contributed by atoms with Gasteiger partial charge >= 0.3 is 0 Å². The second-order valence-electron chi connectivity index (χ2n) is 13.2. The zero-order valence-corrected chi connectivity index (χ0v) is 28.0. The molecule has 6 heteroatoms. The Bertz CT molecular complexity index is 3130. The first-order chi connectivity index (χ1) is 25.7. The summed E-state index contributed by atoms with van der Waals surface area (Å²) < 4.78 is 15.7. The summed E-state index contributed by atoms with van der Waals surface area (Å²) in [5.41, 5.74) is 10.2. The molecule has 0 saturated carbocycles. The molecule has 0 saturated heterocycles. The van der Waals surface area contributed by atoms with Crippen molar-refractivity contribution < 1.29 is 8.83 Å². The Labute approximate surface area is 297 Å². The highest BCUT2D eigenvalue weighted by Crippen LogP contribution is 2.46. The number of furan rings is 2. The molecule has 52 heavy (non-hydrogen) atoms. The molecule has 0 aliphatic heterocycles. The van der Waals surface area contributed by atoms with Crippen LogP contribution in [0.5, 0.6) is 0 Å². The van der Waals surface area contributed by atoms with E-state index in [2.05, 4.69) is 78.2 Å². The summed E-state index contributed by atoms with van der Waals surface area (Å²) in [6, 6.07) is 51.8. The van der Waals surface area contributed by atoms with Gasteiger partial charge in [0.05, 0.1) is 22.1 Å². The largest absolute Gasteiger partial charge is 0.456 e. The predicted octanol–water partition coefficient (Wildman–Crippen LogP) is 12.1. The monoisotopic (exact) mass is 668 g/mol. The molecule has 0 radical (unpaired) electrons. The van der Waals surface area contributed by atoms with E-state index in [4.69, 9.17) is 23.8 Å². The van der Waals surface area contributed by atoms with Crippen LogP contribution in [0.2, 0.25) is 0 Å². The molecule has 0 spiro atoms. The molecule has 7 aromatic carbocycles. The van der Waals surface area contributed by atoms with Crippen molar-refractivity contribution in [1.29, 1.82) is 0 Å². The number of hydrogen-bond donors (Lipinski definition) is 0. The summed E-state index contributed by atoms with van der Waals surface area (Å²) in [5.74, 6) is 1.83. The molecule has 0 aliphatic rings. The zero-order valence-electron chi connectivity index (χ0n) is 28.0. The van der Waals surface area contributed by atoms with Crippen molar-refractivity contribution in [3.63, 3.8) is 0 Å². The molecule has 4 heterocycles. The lowest BCUT2D eigenvalue weighted by molar-refractivity contribution is 0.666. The molecule has 0 atom stereocenters. The Hall–Kier alpha value is -7.05. The molecule has 0 N–H and O–H groups in total. The van der Waals surface area contributed by atoms with Crippen LogP contribution in [-0.4, -0.2) is 19.5 Å². The van der Waals surface area contributed by atoms with Gasteiger partial charge in [-0.05, 0) is 48.9 Å². The Morgan fingerprint density at radius 3 is 1.71 bits per heavy atom. The van der Waals surface area contributed by atoms with E-state index in [1.54, 1.807) is 0 Å². The lowest BCUT2D eigenvalue weighted by Gasteiger charge is -2.15. The molecular formula is C46H28N4O2. The maximum Gasteiger partial charge on any atom is 0.165 e. The lowest BCUT2D eigenvalue weighted by atomic mass is 9.98. The quantitative estimate of drug-likeness (QED) is 0.187. The molecule has 0 aliphatic carbocycles. The van der Waals surface area contributed by atoms with Gasteiger partial charge in [-0.15, -0.1) is 0 Å². The standard InChI is InChI=1S/C46H28N4O2/c1-27-26-35(50-34-21-11-8-18-30(34)31-24-25-38-40(42(31)50)32-19-9-12-22-36(32)51-38)43-41(33-20-10-13-23-37(33)52-43)39(27)46-48-44(28-14-4-2-5-15-28)47-45(49-46)29-16-6-3-7-17-29/h2-26H,1H3. The predicted molar refractivity (Wildman–Crippen MR) is 210 cm³/mol. The Balaban J connectivity index is 1.28. The van der Waals surface area contributed by atoms with Gasteiger partial charge in [-0.3, -0.25) is 0 Å². The van der Waals surface area contributed by atoms with Gasteiger partial charge in [-0.1, -0.05) is 115 Å². The summed E-state index contributed by atoms with van der Waals surface area (Å²) in [7, 11) is 0. The van der Waals surface area contributed by atoms with Crippen LogP contribution in [0.15, 0.2) is 160 Å². The highest BCUT2D eigenvalue weighted by atomic mass is 16.3. The second-order valence-corrected chi connectivity index (χ2v) is 13.2. The van der Waals surface area contributed by atoms with Crippen LogP contribution >= 0.6 is 0 Å². The topological polar surface area (TPSA) is 69.9 Å². The summed E-state index contributed by atoms with van der Waals surface area (Å²) in [5, 5.41) is 6.43. The van der Waals surface area contributed by atoms with Crippen molar-refractivity contribution in [2.24, 2.45) is 0 Å². The van der Waals surface area contributed by atoms with Crippen LogP contribution in [0.1, 0.15) is 5.56 Å². The molecule has 11 aromatic rings. The first kappa shape index (κ1) is 28.8. The number of hydrogen-bond acceptors (Lipinski definition) is 5. The minimum Gasteiger partial charge on any atom is -0.456 e. The lowest BCUT2D eigenvalue weighted by Crippen LogP contribution is -2.03. The third-order valence-electron chi connectivity index (χ3n) is 10.2. The van der Waals surface area contributed by atoms with E-state index in [9.17, 15) is 0 Å². The summed E-state index contributed by atoms with van der Waals surface area (Å²) in [6.07, 6.45) is 0. The number of aryl methyl sites for hydroxylation is 1. The number of aromatic nitrogens is 4. The van der Waals surface area contributed by atoms with Crippen molar-refractivity contribution >= 4 is 65.7 Å². The van der Waals surface area contributed by atoms with E-state index in [0.717, 1.165) is 93.6 Å². The van der Waals surface area contributed by atoms with Crippen molar-refractivity contribution in [2.75, 3.05) is 0 Å². The van der Waals surface area contributed by atoms with Gasteiger partial charge in [-0.25, -0.2) is 15.0 Å². The van der Waals surface area contributed by atoms with E-state index >= 15 is 0 Å². The minimum atomic E-state index is 0.596. The fraction of sp³-hybridized carbons (Fsp3) is 0.0217. The van der Waals surface area contributed by atoms with Crippen LogP contribution in [0.4, 0.5) is 0 Å². The SMILES string of the molecule is Cc1cc(-n2c3ccccc3c3ccc4oc5ccccc5c4c32)c2oc3ccccc3c2c1-c1nc(-c2ccccc2)nc(-c2ccccc2)n1. The average Bonchev–Trinajstić information content (AvgIpc) is 3.88. The molecule has 6 nitrogen and oxygen atoms in total. The first-order valence-electron chi connectivity index (χ1n) is 17.4. The van der Waals surface area contributed by atoms with Gasteiger partial charge in [0.15, 0.2) is 23.1 Å². The average molecular weight is 669 g/mol. The van der Waals surface area contributed by atoms with E-state index in [1.807, 2.05) is 84.9 Å². The molecule has 0 unspecified atom stereocenters. The highest BCUT2D eigenvalue weighted by Gasteiger charge is 2.26. The molecule has 0 bridgehead atoms. The molecule has 4 aromatic heterocycles. The third kappa shape index (κ3) is 4.15. The van der Waals surface area contributed by atoms with Crippen molar-refractivity contribution in [2.45, 2.75) is 6.92 Å². The molecule has 11 rings (SSSR count). The van der Waals surface area contributed by atoms with Gasteiger partial charge in [0, 0.05) is 43.6 Å². The summed E-state index contributed by atoms with van der Waals surface area (Å²) in [4.78, 5) is 15.3. The second kappa shape index (κ2) is 11.0. The van der Waals surface area contributed by atoms with E-state index in [0.29, 0.717) is 17.5 Å². The van der Waals surface area contributed by atoms with Gasteiger partial charge in [-0.2, -0.15) is 0 Å². The van der Waals surface area contributed by atoms with Crippen LogP contribution in [0.25, 0.3) is 106 Å². The third-order valence-corrected chi connectivity index (χ3v) is 10.2. The maximum absolute atomic E-state index is 6.92. The van der Waals surface area contributed by atoms with Gasteiger partial charge < -0.3 is 13.4 Å². The Kier molecular flexibility index (Phi) is 6.07. The number of fused-ring (bicyclic) bond motifs is 10. The Morgan fingerprint density at radius 1 is 0.462 bits per heavy atom. The van der Waals surface area contributed by atoms with Gasteiger partial charge in [0.2, 0.25) is 0 Å². The highest BCUT2D eigenvalue weighted by molar-refractivity contribution is 6.25. The number of rotatable bonds is 4. The number of para-hydroxylation sites is 3. The van der Waals surface area contributed by atoms with Crippen LogP contribution < -0.4 is 0 Å². The van der Waals surface area contributed by atoms with Gasteiger partial charge in [0.1, 0.15) is 16.7 Å². The smallest absolute Gasteiger partial charge is 0.165 e. The minimum absolute atomic E-state index is 0.596. The normalized spacial score (nSPS) is 11.9. The fourth-order valence-corrected chi connectivity index (χ4v) is 7.90. The van der Waals surface area contributed by atoms with Crippen molar-refractivity contribution in [3.8, 4) is 39.9 Å². The number of benzene rings is 7. The fourth-order valence-electron chi connectivity index (χ4n) is 7.90. The molecule has 244 valence electrons. The van der Waals surface area contributed by atoms with Crippen LogP contribution in [-0.2, 0) is 0 Å². The van der Waals surface area contributed by atoms with E-state index in [-0.39, 0.29) is 0 Å². The maximum atomic E-state index is 6.92. The van der Waals surface area contributed by atoms with Crippen LogP contribution in [0, 0.1) is 6.92 Å².